The first-order valence-electron chi connectivity index (χ1n) is 12.1. The highest BCUT2D eigenvalue weighted by atomic mass is 35.5. The van der Waals surface area contributed by atoms with Gasteiger partial charge in [-0.3, -0.25) is 4.90 Å². The number of hydrogen-bond donors (Lipinski definition) is 2. The van der Waals surface area contributed by atoms with Gasteiger partial charge in [-0.15, -0.1) is 17.5 Å². The fraction of sp³-hybridized carbons (Fsp3) is 0.321. The van der Waals surface area contributed by atoms with Crippen LogP contribution in [0.25, 0.3) is 16.9 Å². The monoisotopic (exact) mass is 541 g/mol. The van der Waals surface area contributed by atoms with E-state index in [2.05, 4.69) is 10.3 Å². The summed E-state index contributed by atoms with van der Waals surface area (Å²) < 4.78 is 21.3. The normalized spacial score (nSPS) is 12.9. The van der Waals surface area contributed by atoms with Crippen molar-refractivity contribution < 1.29 is 19.0 Å². The van der Waals surface area contributed by atoms with Gasteiger partial charge < -0.3 is 15.2 Å². The molecule has 0 aliphatic rings. The molecule has 2 aromatic carbocycles. The third kappa shape index (κ3) is 6.52. The molecule has 0 radical (unpaired) electrons. The highest BCUT2D eigenvalue weighted by molar-refractivity contribution is 5.85. The van der Waals surface area contributed by atoms with E-state index in [9.17, 15) is 14.3 Å². The minimum Gasteiger partial charge on any atom is -0.491 e. The molecule has 38 heavy (non-hydrogen) atoms. The molecule has 0 bridgehead atoms. The maximum atomic E-state index is 13.6. The maximum absolute atomic E-state index is 13.6. The van der Waals surface area contributed by atoms with E-state index in [0.717, 1.165) is 16.8 Å². The van der Waals surface area contributed by atoms with Crippen molar-refractivity contribution in [2.24, 2.45) is 0 Å². The fourth-order valence-electron chi connectivity index (χ4n) is 4.38. The Kier molecular flexibility index (Phi) is 8.83. The summed E-state index contributed by atoms with van der Waals surface area (Å²) in [6.07, 6.45) is 0.784. The largest absolute Gasteiger partial charge is 0.491 e. The van der Waals surface area contributed by atoms with E-state index in [4.69, 9.17) is 9.84 Å². The SMILES string of the molecule is C[C@H](COc1ccc(-c2cnc3ccc(N[C@H](C)c4cccc(F)c4)nn23)cc1)N(C(=O)O)C(C)(C)C.Cl. The van der Waals surface area contributed by atoms with Gasteiger partial charge in [0.1, 0.15) is 24.0 Å². The Morgan fingerprint density at radius 3 is 2.47 bits per heavy atom. The molecule has 2 heterocycles. The Morgan fingerprint density at radius 1 is 1.13 bits per heavy atom. The second-order valence-electron chi connectivity index (χ2n) is 10.1. The van der Waals surface area contributed by atoms with Crippen LogP contribution in [0.4, 0.5) is 15.0 Å². The zero-order valence-corrected chi connectivity index (χ0v) is 22.9. The van der Waals surface area contributed by atoms with Gasteiger partial charge in [0.05, 0.1) is 24.0 Å². The lowest BCUT2D eigenvalue weighted by Crippen LogP contribution is -2.52. The van der Waals surface area contributed by atoms with E-state index in [-0.39, 0.29) is 36.9 Å². The van der Waals surface area contributed by atoms with E-state index in [1.165, 1.54) is 17.0 Å². The molecule has 2 N–H and O–H groups in total. The van der Waals surface area contributed by atoms with Crippen LogP contribution < -0.4 is 10.1 Å². The van der Waals surface area contributed by atoms with Crippen LogP contribution in [0.15, 0.2) is 66.9 Å². The van der Waals surface area contributed by atoms with Crippen molar-refractivity contribution in [3.8, 4) is 17.0 Å². The molecule has 0 fully saturated rings. The molecule has 0 spiro atoms. The molecule has 2 aromatic heterocycles. The van der Waals surface area contributed by atoms with Crippen LogP contribution in [-0.4, -0.2) is 48.9 Å². The van der Waals surface area contributed by atoms with Crippen molar-refractivity contribution in [3.63, 3.8) is 0 Å². The zero-order chi connectivity index (χ0) is 26.7. The lowest BCUT2D eigenvalue weighted by Gasteiger charge is -2.37. The second-order valence-corrected chi connectivity index (χ2v) is 10.1. The van der Waals surface area contributed by atoms with Gasteiger partial charge >= 0.3 is 6.09 Å². The number of carboxylic acid groups (broad SMARTS) is 1. The van der Waals surface area contributed by atoms with Crippen LogP contribution in [0.5, 0.6) is 5.75 Å². The summed E-state index contributed by atoms with van der Waals surface area (Å²) in [7, 11) is 0. The van der Waals surface area contributed by atoms with E-state index in [0.29, 0.717) is 17.2 Å². The smallest absolute Gasteiger partial charge is 0.408 e. The lowest BCUT2D eigenvalue weighted by atomic mass is 10.0. The Balaban J connectivity index is 0.00000400. The Hall–Kier alpha value is -3.85. The number of imidazole rings is 1. The fourth-order valence-corrected chi connectivity index (χ4v) is 4.38. The van der Waals surface area contributed by atoms with E-state index in [1.54, 1.807) is 16.8 Å². The number of benzene rings is 2. The molecular weight excluding hydrogens is 509 g/mol. The van der Waals surface area contributed by atoms with Crippen LogP contribution >= 0.6 is 12.4 Å². The van der Waals surface area contributed by atoms with Crippen LogP contribution in [0.2, 0.25) is 0 Å². The summed E-state index contributed by atoms with van der Waals surface area (Å²) in [4.78, 5) is 17.5. The summed E-state index contributed by atoms with van der Waals surface area (Å²) in [5.74, 6) is 1.00. The van der Waals surface area contributed by atoms with Crippen LogP contribution in [-0.2, 0) is 0 Å². The van der Waals surface area contributed by atoms with E-state index in [1.807, 2.05) is 77.1 Å². The molecule has 8 nitrogen and oxygen atoms in total. The minimum absolute atomic E-state index is 0. The van der Waals surface area contributed by atoms with Gasteiger partial charge in [-0.25, -0.2) is 18.7 Å². The molecule has 4 aromatic rings. The average molecular weight is 542 g/mol. The summed E-state index contributed by atoms with van der Waals surface area (Å²) in [5.41, 5.74) is 2.70. The third-order valence-corrected chi connectivity index (χ3v) is 6.09. The summed E-state index contributed by atoms with van der Waals surface area (Å²) in [6, 6.07) is 17.3. The van der Waals surface area contributed by atoms with Crippen LogP contribution in [0.3, 0.4) is 0 Å². The van der Waals surface area contributed by atoms with Crippen molar-refractivity contribution in [1.82, 2.24) is 19.5 Å². The number of anilines is 1. The highest BCUT2D eigenvalue weighted by Crippen LogP contribution is 2.25. The van der Waals surface area contributed by atoms with Crippen LogP contribution in [0.1, 0.15) is 46.2 Å². The lowest BCUT2D eigenvalue weighted by molar-refractivity contribution is 0.0578. The van der Waals surface area contributed by atoms with Crippen molar-refractivity contribution in [2.45, 2.75) is 52.2 Å². The summed E-state index contributed by atoms with van der Waals surface area (Å²) in [5, 5.41) is 17.6. The van der Waals surface area contributed by atoms with Gasteiger partial charge in [-0.05, 0) is 88.7 Å². The average Bonchev–Trinajstić information content (AvgIpc) is 3.25. The standard InChI is InChI=1S/C28H32FN5O3.ClH/c1-18(33(27(35)36)28(3,4)5)17-37-23-11-9-20(10-12-23)24-16-30-26-14-13-25(32-34(24)26)31-19(2)21-7-6-8-22(29)15-21;/h6-16,18-19H,17H2,1-5H3,(H,31,32)(H,35,36);1H/t18-,19-;/m1./s1. The maximum Gasteiger partial charge on any atom is 0.408 e. The van der Waals surface area contributed by atoms with Gasteiger partial charge in [0.15, 0.2) is 5.65 Å². The number of fused-ring (bicyclic) bond motifs is 1. The first-order chi connectivity index (χ1) is 17.5. The number of ether oxygens (including phenoxy) is 1. The van der Waals surface area contributed by atoms with Crippen molar-refractivity contribution in [2.75, 3.05) is 11.9 Å². The van der Waals surface area contributed by atoms with Crippen molar-refractivity contribution in [3.05, 3.63) is 78.2 Å². The Labute approximate surface area is 227 Å². The van der Waals surface area contributed by atoms with Gasteiger partial charge in [-0.2, -0.15) is 0 Å². The van der Waals surface area contributed by atoms with Gasteiger partial charge in [0, 0.05) is 11.1 Å². The first-order valence-corrected chi connectivity index (χ1v) is 12.1. The predicted octanol–water partition coefficient (Wildman–Crippen LogP) is 6.68. The van der Waals surface area contributed by atoms with Crippen molar-refractivity contribution in [1.29, 1.82) is 0 Å². The molecule has 10 heteroatoms. The molecule has 4 rings (SSSR count). The molecule has 0 unspecified atom stereocenters. The second kappa shape index (κ2) is 11.7. The zero-order valence-electron chi connectivity index (χ0n) is 22.1. The number of nitrogens with zero attached hydrogens (tertiary/aromatic N) is 4. The number of rotatable bonds is 8. The molecule has 1 amide bonds. The van der Waals surface area contributed by atoms with Gasteiger partial charge in [-0.1, -0.05) is 12.1 Å². The molecule has 0 aliphatic heterocycles. The number of halogens is 2. The quantitative estimate of drug-likeness (QED) is 0.258. The van der Waals surface area contributed by atoms with Gasteiger partial charge in [0.25, 0.3) is 0 Å². The van der Waals surface area contributed by atoms with E-state index >= 15 is 0 Å². The summed E-state index contributed by atoms with van der Waals surface area (Å²) in [6.45, 7) is 9.60. The minimum atomic E-state index is -0.974. The number of nitrogens with one attached hydrogen (secondary N) is 1. The topological polar surface area (TPSA) is 92.0 Å². The molecule has 0 aliphatic carbocycles. The summed E-state index contributed by atoms with van der Waals surface area (Å²) >= 11 is 0. The number of amides is 1. The molecular formula is C28H33ClFN5O3. The number of carbonyl (C=O) groups is 1. The first kappa shape index (κ1) is 28.7. The predicted molar refractivity (Wildman–Crippen MR) is 149 cm³/mol. The van der Waals surface area contributed by atoms with Gasteiger partial charge in [0.2, 0.25) is 0 Å². The molecule has 0 saturated heterocycles. The number of aromatic nitrogens is 3. The van der Waals surface area contributed by atoms with Crippen molar-refractivity contribution >= 4 is 30.0 Å². The highest BCUT2D eigenvalue weighted by Gasteiger charge is 2.31. The van der Waals surface area contributed by atoms with E-state index < -0.39 is 11.6 Å². The molecule has 2 atom stereocenters. The third-order valence-electron chi connectivity index (χ3n) is 6.09. The number of hydrogen-bond acceptors (Lipinski definition) is 5. The Bertz CT molecular complexity index is 1390. The molecule has 0 saturated carbocycles. The van der Waals surface area contributed by atoms with Crippen LogP contribution in [0, 0.1) is 5.82 Å². The Morgan fingerprint density at radius 2 is 1.84 bits per heavy atom. The molecule has 202 valence electrons.